The lowest BCUT2D eigenvalue weighted by Gasteiger charge is -2.34. The first-order chi connectivity index (χ1) is 13.3. The van der Waals surface area contributed by atoms with Crippen molar-refractivity contribution >= 4 is 34.7 Å². The normalized spacial score (nSPS) is 17.3. The van der Waals surface area contributed by atoms with Crippen molar-refractivity contribution in [1.29, 1.82) is 0 Å². The van der Waals surface area contributed by atoms with Gasteiger partial charge in [-0.05, 0) is 45.7 Å². The van der Waals surface area contributed by atoms with E-state index in [1.807, 2.05) is 45.0 Å². The zero-order valence-corrected chi connectivity index (χ0v) is 18.0. The molecule has 1 atom stereocenters. The van der Waals surface area contributed by atoms with Crippen molar-refractivity contribution in [3.8, 4) is 5.75 Å². The molecule has 1 aromatic carbocycles. The Morgan fingerprint density at radius 2 is 2.25 bits per heavy atom. The van der Waals surface area contributed by atoms with Crippen LogP contribution in [0.3, 0.4) is 0 Å². The largest absolute Gasteiger partial charge is 0.489 e. The first kappa shape index (κ1) is 20.7. The third kappa shape index (κ3) is 6.27. The molecule has 1 amide bonds. The van der Waals surface area contributed by atoms with Crippen molar-refractivity contribution in [1.82, 2.24) is 9.88 Å². The van der Waals surface area contributed by atoms with E-state index < -0.39 is 5.60 Å². The lowest BCUT2D eigenvalue weighted by molar-refractivity contribution is 0.00776. The fraction of sp³-hybridized carbons (Fsp3) is 0.500. The molecule has 6 nitrogen and oxygen atoms in total. The minimum atomic E-state index is -0.493. The molecule has 0 spiro atoms. The summed E-state index contributed by atoms with van der Waals surface area (Å²) in [6, 6.07) is 7.84. The first-order valence-electron chi connectivity index (χ1n) is 9.37. The van der Waals surface area contributed by atoms with Crippen LogP contribution in [0.2, 0.25) is 4.47 Å². The van der Waals surface area contributed by atoms with Gasteiger partial charge >= 0.3 is 6.09 Å². The Hall–Kier alpha value is -1.99. The Bertz CT molecular complexity index is 806. The molecular weight excluding hydrogens is 398 g/mol. The number of halogens is 1. The molecule has 8 heteroatoms. The smallest absolute Gasteiger partial charge is 0.410 e. The highest BCUT2D eigenvalue weighted by Gasteiger charge is 2.28. The topological polar surface area (TPSA) is 63.7 Å². The average molecular weight is 424 g/mol. The van der Waals surface area contributed by atoms with Gasteiger partial charge in [-0.1, -0.05) is 17.7 Å². The van der Waals surface area contributed by atoms with Gasteiger partial charge in [0.2, 0.25) is 0 Å². The second kappa shape index (κ2) is 9.01. The Kier molecular flexibility index (Phi) is 6.67. The van der Waals surface area contributed by atoms with Crippen molar-refractivity contribution in [3.05, 3.63) is 39.8 Å². The van der Waals surface area contributed by atoms with Crippen LogP contribution in [0, 0.1) is 0 Å². The number of nitrogens with zero attached hydrogens (tertiary/aromatic N) is 2. The van der Waals surface area contributed by atoms with Crippen molar-refractivity contribution < 1.29 is 14.3 Å². The maximum atomic E-state index is 12.3. The minimum absolute atomic E-state index is 0.0446. The van der Waals surface area contributed by atoms with Crippen LogP contribution < -0.4 is 10.1 Å². The van der Waals surface area contributed by atoms with E-state index in [0.29, 0.717) is 24.1 Å². The van der Waals surface area contributed by atoms with Crippen molar-refractivity contribution in [2.75, 3.05) is 18.4 Å². The van der Waals surface area contributed by atoms with Gasteiger partial charge < -0.3 is 19.7 Å². The number of ether oxygens (including phenoxy) is 2. The molecule has 0 bridgehead atoms. The molecule has 1 aliphatic heterocycles. The Morgan fingerprint density at radius 3 is 2.96 bits per heavy atom. The number of amides is 1. The van der Waals surface area contributed by atoms with E-state index in [0.717, 1.165) is 29.2 Å². The summed E-state index contributed by atoms with van der Waals surface area (Å²) >= 11 is 7.33. The highest BCUT2D eigenvalue weighted by molar-refractivity contribution is 7.15. The van der Waals surface area contributed by atoms with E-state index in [1.165, 1.54) is 11.3 Å². The van der Waals surface area contributed by atoms with Crippen LogP contribution in [0.5, 0.6) is 5.75 Å². The standard InChI is InChI=1S/C20H26ClN3O3S/c1-20(2,3)27-19(25)24-9-5-8-16(13-24)26-15-7-4-6-14(10-15)22-11-17-12-23-18(21)28-17/h4,6-7,10,12,16,22H,5,8-9,11,13H2,1-3H3. The van der Waals surface area contributed by atoms with Gasteiger partial charge in [0.25, 0.3) is 0 Å². The number of rotatable bonds is 5. The third-order valence-corrected chi connectivity index (χ3v) is 5.27. The Labute approximate surface area is 174 Å². The number of likely N-dealkylation sites (tertiary alicyclic amines) is 1. The van der Waals surface area contributed by atoms with E-state index in [2.05, 4.69) is 10.3 Å². The maximum Gasteiger partial charge on any atom is 0.410 e. The average Bonchev–Trinajstić information content (AvgIpc) is 3.04. The Morgan fingerprint density at radius 1 is 1.43 bits per heavy atom. The van der Waals surface area contributed by atoms with Crippen molar-refractivity contribution in [2.45, 2.75) is 51.9 Å². The molecule has 0 saturated carbocycles. The number of nitrogens with one attached hydrogen (secondary N) is 1. The van der Waals surface area contributed by atoms with Crippen molar-refractivity contribution in [3.63, 3.8) is 0 Å². The molecule has 1 saturated heterocycles. The van der Waals surface area contributed by atoms with Crippen LogP contribution in [0.25, 0.3) is 0 Å². The van der Waals surface area contributed by atoms with Gasteiger partial charge in [0.1, 0.15) is 17.5 Å². The number of aromatic nitrogens is 1. The monoisotopic (exact) mass is 423 g/mol. The molecule has 28 heavy (non-hydrogen) atoms. The fourth-order valence-electron chi connectivity index (χ4n) is 2.95. The van der Waals surface area contributed by atoms with E-state index in [-0.39, 0.29) is 12.2 Å². The molecule has 1 aromatic heterocycles. The Balaban J connectivity index is 1.55. The van der Waals surface area contributed by atoms with Crippen LogP contribution in [0.1, 0.15) is 38.5 Å². The van der Waals surface area contributed by atoms with Gasteiger partial charge in [-0.2, -0.15) is 0 Å². The van der Waals surface area contributed by atoms with Gasteiger partial charge in [0, 0.05) is 29.4 Å². The fourth-order valence-corrected chi connectivity index (χ4v) is 3.87. The van der Waals surface area contributed by atoms with E-state index >= 15 is 0 Å². The number of piperidine rings is 1. The molecular formula is C20H26ClN3O3S. The highest BCUT2D eigenvalue weighted by atomic mass is 35.5. The molecule has 2 heterocycles. The molecule has 152 valence electrons. The number of hydrogen-bond donors (Lipinski definition) is 1. The number of thiazole rings is 1. The zero-order chi connectivity index (χ0) is 20.1. The van der Waals surface area contributed by atoms with E-state index in [9.17, 15) is 4.79 Å². The number of hydrogen-bond acceptors (Lipinski definition) is 6. The van der Waals surface area contributed by atoms with Crippen LogP contribution in [-0.4, -0.2) is 40.8 Å². The van der Waals surface area contributed by atoms with Gasteiger partial charge in [-0.15, -0.1) is 11.3 Å². The van der Waals surface area contributed by atoms with Crippen LogP contribution >= 0.6 is 22.9 Å². The lowest BCUT2D eigenvalue weighted by Crippen LogP contribution is -2.46. The number of carbonyl (C=O) groups excluding carboxylic acids is 1. The van der Waals surface area contributed by atoms with Crippen LogP contribution in [0.4, 0.5) is 10.5 Å². The lowest BCUT2D eigenvalue weighted by atomic mass is 10.1. The minimum Gasteiger partial charge on any atom is -0.489 e. The highest BCUT2D eigenvalue weighted by Crippen LogP contribution is 2.24. The second-order valence-corrected chi connectivity index (χ2v) is 9.47. The van der Waals surface area contributed by atoms with Crippen LogP contribution in [0.15, 0.2) is 30.5 Å². The summed E-state index contributed by atoms with van der Waals surface area (Å²) in [6.07, 6.45) is 3.26. The predicted molar refractivity (Wildman–Crippen MR) is 112 cm³/mol. The molecule has 1 aliphatic rings. The van der Waals surface area contributed by atoms with Crippen LogP contribution in [-0.2, 0) is 11.3 Å². The molecule has 1 unspecified atom stereocenters. The van der Waals surface area contributed by atoms with Gasteiger partial charge in [-0.3, -0.25) is 0 Å². The predicted octanol–water partition coefficient (Wildman–Crippen LogP) is 5.19. The summed E-state index contributed by atoms with van der Waals surface area (Å²) in [4.78, 5) is 19.2. The molecule has 1 fully saturated rings. The quantitative estimate of drug-likeness (QED) is 0.717. The molecule has 1 N–H and O–H groups in total. The summed E-state index contributed by atoms with van der Waals surface area (Å²) in [7, 11) is 0. The molecule has 2 aromatic rings. The zero-order valence-electron chi connectivity index (χ0n) is 16.4. The number of anilines is 1. The summed E-state index contributed by atoms with van der Waals surface area (Å²) in [5.74, 6) is 0.781. The van der Waals surface area contributed by atoms with E-state index in [1.54, 1.807) is 11.1 Å². The summed E-state index contributed by atoms with van der Waals surface area (Å²) in [6.45, 7) is 7.52. The number of benzene rings is 1. The molecule has 3 rings (SSSR count). The van der Waals surface area contributed by atoms with Crippen molar-refractivity contribution in [2.24, 2.45) is 0 Å². The van der Waals surface area contributed by atoms with Gasteiger partial charge in [0.05, 0.1) is 13.1 Å². The summed E-state index contributed by atoms with van der Waals surface area (Å²) < 4.78 is 12.2. The summed E-state index contributed by atoms with van der Waals surface area (Å²) in [5, 5.41) is 3.35. The van der Waals surface area contributed by atoms with Gasteiger partial charge in [-0.25, -0.2) is 9.78 Å². The molecule has 0 aliphatic carbocycles. The molecule has 0 radical (unpaired) electrons. The van der Waals surface area contributed by atoms with E-state index in [4.69, 9.17) is 21.1 Å². The second-order valence-electron chi connectivity index (χ2n) is 7.77. The summed E-state index contributed by atoms with van der Waals surface area (Å²) in [5.41, 5.74) is 0.467. The number of carbonyl (C=O) groups is 1. The maximum absolute atomic E-state index is 12.3. The SMILES string of the molecule is CC(C)(C)OC(=O)N1CCCC(Oc2cccc(NCc3cnc(Cl)s3)c2)C1. The third-order valence-electron chi connectivity index (χ3n) is 4.16. The van der Waals surface area contributed by atoms with Gasteiger partial charge in [0.15, 0.2) is 4.47 Å². The first-order valence-corrected chi connectivity index (χ1v) is 10.6.